The minimum atomic E-state index is -3.67. The van der Waals surface area contributed by atoms with Gasteiger partial charge in [-0.3, -0.25) is 15.6 Å². The molecule has 1 heterocycles. The van der Waals surface area contributed by atoms with E-state index in [0.717, 1.165) is 11.1 Å². The second kappa shape index (κ2) is 8.77. The van der Waals surface area contributed by atoms with Crippen molar-refractivity contribution < 1.29 is 17.9 Å². The number of morpholine rings is 1. The molecule has 8 heteroatoms. The van der Waals surface area contributed by atoms with E-state index in [1.54, 1.807) is 12.1 Å². The van der Waals surface area contributed by atoms with Crippen LogP contribution in [0.4, 0.5) is 0 Å². The predicted octanol–water partition coefficient (Wildman–Crippen LogP) is 2.23. The summed E-state index contributed by atoms with van der Waals surface area (Å²) in [5.74, 6) is -0.450. The summed E-state index contributed by atoms with van der Waals surface area (Å²) in [7, 11) is -3.67. The Morgan fingerprint density at radius 2 is 1.72 bits per heavy atom. The fraction of sp³-hybridized carbons (Fsp3) is 0.286. The minimum absolute atomic E-state index is 0.0834. The smallest absolute Gasteiger partial charge is 0.269 e. The second-order valence-electron chi connectivity index (χ2n) is 6.90. The molecule has 154 valence electrons. The van der Waals surface area contributed by atoms with Crippen molar-refractivity contribution >= 4 is 21.6 Å². The van der Waals surface area contributed by atoms with Gasteiger partial charge in [0.15, 0.2) is 0 Å². The summed E-state index contributed by atoms with van der Waals surface area (Å²) < 4.78 is 32.1. The summed E-state index contributed by atoms with van der Waals surface area (Å²) in [5.41, 5.74) is 9.30. The highest BCUT2D eigenvalue weighted by Gasteiger charge is 2.26. The number of hydrogen-bond acceptors (Lipinski definition) is 5. The Hall–Kier alpha value is -2.68. The van der Waals surface area contributed by atoms with Gasteiger partial charge in [0.2, 0.25) is 10.0 Å². The van der Waals surface area contributed by atoms with Crippen molar-refractivity contribution in [3.63, 3.8) is 0 Å². The first-order valence-corrected chi connectivity index (χ1v) is 10.7. The van der Waals surface area contributed by atoms with E-state index < -0.39 is 15.9 Å². The van der Waals surface area contributed by atoms with Crippen molar-refractivity contribution in [1.82, 2.24) is 15.2 Å². The van der Waals surface area contributed by atoms with Crippen LogP contribution < -0.4 is 10.9 Å². The van der Waals surface area contributed by atoms with Gasteiger partial charge in [-0.25, -0.2) is 8.42 Å². The molecule has 2 aromatic rings. The van der Waals surface area contributed by atoms with Crippen LogP contribution in [0, 0.1) is 13.8 Å². The summed E-state index contributed by atoms with van der Waals surface area (Å²) in [6, 6.07) is 11.9. The van der Waals surface area contributed by atoms with Gasteiger partial charge < -0.3 is 4.74 Å². The first-order chi connectivity index (χ1) is 13.8. The van der Waals surface area contributed by atoms with Crippen LogP contribution in [-0.4, -0.2) is 44.9 Å². The lowest BCUT2D eigenvalue weighted by atomic mass is 10.1. The Morgan fingerprint density at radius 3 is 2.41 bits per heavy atom. The van der Waals surface area contributed by atoms with Gasteiger partial charge in [-0.05, 0) is 54.8 Å². The highest BCUT2D eigenvalue weighted by Crippen LogP contribution is 2.19. The van der Waals surface area contributed by atoms with Gasteiger partial charge in [-0.15, -0.1) is 0 Å². The quantitative estimate of drug-likeness (QED) is 0.707. The van der Waals surface area contributed by atoms with Gasteiger partial charge in [0.1, 0.15) is 0 Å². The fourth-order valence-electron chi connectivity index (χ4n) is 2.94. The molecule has 1 aliphatic heterocycles. The van der Waals surface area contributed by atoms with E-state index in [-0.39, 0.29) is 10.5 Å². The van der Waals surface area contributed by atoms with Crippen LogP contribution >= 0.6 is 0 Å². The lowest BCUT2D eigenvalue weighted by Crippen LogP contribution is -2.40. The number of sulfonamides is 1. The van der Waals surface area contributed by atoms with Gasteiger partial charge >= 0.3 is 0 Å². The van der Waals surface area contributed by atoms with Gasteiger partial charge in [0.25, 0.3) is 5.91 Å². The first-order valence-electron chi connectivity index (χ1n) is 9.30. The summed E-state index contributed by atoms with van der Waals surface area (Å²) in [6.45, 7) is 9.30. The molecule has 0 saturated carbocycles. The number of carbonyl (C=O) groups is 1. The number of hydrazine groups is 1. The Bertz CT molecular complexity index is 1030. The number of nitrogens with one attached hydrogen (secondary N) is 2. The van der Waals surface area contributed by atoms with Crippen molar-refractivity contribution in [3.05, 3.63) is 71.3 Å². The van der Waals surface area contributed by atoms with Crippen LogP contribution in [0.3, 0.4) is 0 Å². The van der Waals surface area contributed by atoms with E-state index in [0.29, 0.717) is 32.0 Å². The highest BCUT2D eigenvalue weighted by atomic mass is 32.2. The third-order valence-electron chi connectivity index (χ3n) is 4.89. The fourth-order valence-corrected chi connectivity index (χ4v) is 4.39. The van der Waals surface area contributed by atoms with Gasteiger partial charge in [0, 0.05) is 18.7 Å². The molecule has 1 aliphatic rings. The zero-order chi connectivity index (χ0) is 21.0. The number of hydrogen-bond donors (Lipinski definition) is 2. The topological polar surface area (TPSA) is 87.7 Å². The van der Waals surface area contributed by atoms with Crippen LogP contribution in [0.15, 0.2) is 53.9 Å². The highest BCUT2D eigenvalue weighted by molar-refractivity contribution is 7.89. The molecule has 1 saturated heterocycles. The molecule has 0 bridgehead atoms. The molecule has 2 aromatic carbocycles. The molecule has 1 amide bonds. The van der Waals surface area contributed by atoms with Crippen molar-refractivity contribution in [3.8, 4) is 0 Å². The standard InChI is InChI=1S/C21H25N3O4S/c1-15-7-8-18(13-16(15)2)17(3)22-23-21(25)19-5-4-6-20(14-19)29(26,27)24-9-11-28-12-10-24/h4-8,13-14,22H,3,9-12H2,1-2H3,(H,23,25). The Kier molecular flexibility index (Phi) is 6.36. The SMILES string of the molecule is C=C(NNC(=O)c1cccc(S(=O)(=O)N2CCOCC2)c1)c1ccc(C)c(C)c1. The maximum atomic E-state index is 12.8. The molecule has 2 N–H and O–H groups in total. The average Bonchev–Trinajstić information content (AvgIpc) is 2.74. The van der Waals surface area contributed by atoms with Crippen LogP contribution in [0.5, 0.6) is 0 Å². The molecule has 29 heavy (non-hydrogen) atoms. The molecule has 3 rings (SSSR count). The molecule has 1 fully saturated rings. The zero-order valence-electron chi connectivity index (χ0n) is 16.6. The van der Waals surface area contributed by atoms with E-state index in [2.05, 4.69) is 17.4 Å². The van der Waals surface area contributed by atoms with Crippen molar-refractivity contribution in [1.29, 1.82) is 0 Å². The van der Waals surface area contributed by atoms with E-state index in [1.807, 2.05) is 32.0 Å². The van der Waals surface area contributed by atoms with Crippen molar-refractivity contribution in [2.75, 3.05) is 26.3 Å². The second-order valence-corrected chi connectivity index (χ2v) is 8.84. The Labute approximate surface area is 171 Å². The maximum Gasteiger partial charge on any atom is 0.269 e. The molecule has 7 nitrogen and oxygen atoms in total. The van der Waals surface area contributed by atoms with Crippen LogP contribution in [0.1, 0.15) is 27.0 Å². The van der Waals surface area contributed by atoms with Crippen molar-refractivity contribution in [2.24, 2.45) is 0 Å². The molecule has 0 spiro atoms. The van der Waals surface area contributed by atoms with E-state index in [4.69, 9.17) is 4.74 Å². The number of ether oxygens (including phenoxy) is 1. The number of amides is 1. The van der Waals surface area contributed by atoms with Gasteiger partial charge in [-0.1, -0.05) is 24.8 Å². The first kappa shape index (κ1) is 21.0. The van der Waals surface area contributed by atoms with E-state index in [1.165, 1.54) is 22.0 Å². The summed E-state index contributed by atoms with van der Waals surface area (Å²) in [6.07, 6.45) is 0. The monoisotopic (exact) mass is 415 g/mol. The third-order valence-corrected chi connectivity index (χ3v) is 6.78. The lowest BCUT2D eigenvalue weighted by molar-refractivity contribution is 0.0730. The van der Waals surface area contributed by atoms with Crippen LogP contribution in [0.25, 0.3) is 5.70 Å². The van der Waals surface area contributed by atoms with Gasteiger partial charge in [-0.2, -0.15) is 4.31 Å². The maximum absolute atomic E-state index is 12.8. The van der Waals surface area contributed by atoms with Gasteiger partial charge in [0.05, 0.1) is 23.8 Å². The number of aryl methyl sites for hydroxylation is 2. The van der Waals surface area contributed by atoms with Crippen LogP contribution in [0.2, 0.25) is 0 Å². The number of nitrogens with zero attached hydrogens (tertiary/aromatic N) is 1. The number of rotatable bonds is 6. The zero-order valence-corrected chi connectivity index (χ0v) is 17.4. The van der Waals surface area contributed by atoms with Crippen molar-refractivity contribution in [2.45, 2.75) is 18.7 Å². The summed E-state index contributed by atoms with van der Waals surface area (Å²) >= 11 is 0. The molecule has 0 unspecified atom stereocenters. The molecule has 0 atom stereocenters. The summed E-state index contributed by atoms with van der Waals surface area (Å²) in [5, 5.41) is 0. The van der Waals surface area contributed by atoms with E-state index in [9.17, 15) is 13.2 Å². The molecule has 0 aromatic heterocycles. The van der Waals surface area contributed by atoms with Crippen LogP contribution in [-0.2, 0) is 14.8 Å². The lowest BCUT2D eigenvalue weighted by Gasteiger charge is -2.26. The minimum Gasteiger partial charge on any atom is -0.379 e. The van der Waals surface area contributed by atoms with E-state index >= 15 is 0 Å². The Balaban J connectivity index is 1.69. The molecular weight excluding hydrogens is 390 g/mol. The average molecular weight is 416 g/mol. The molecule has 0 aliphatic carbocycles. The Morgan fingerprint density at radius 1 is 1.00 bits per heavy atom. The predicted molar refractivity (Wildman–Crippen MR) is 112 cm³/mol. The normalized spacial score (nSPS) is 15.0. The molecule has 0 radical (unpaired) electrons. The molecular formula is C21H25N3O4S. The number of carbonyl (C=O) groups excluding carboxylic acids is 1. The summed E-state index contributed by atoms with van der Waals surface area (Å²) in [4.78, 5) is 12.6. The largest absolute Gasteiger partial charge is 0.379 e. The number of benzene rings is 2. The third kappa shape index (κ3) is 4.84.